The molecule has 6 saturated carbocycles. The molecule has 3 aliphatic heterocycles. The molecule has 2 spiro atoms. The Labute approximate surface area is 141 Å². The minimum atomic E-state index is -0.739. The average molecular weight is 327 g/mol. The van der Waals surface area contributed by atoms with Crippen molar-refractivity contribution < 1.29 is 15.0 Å². The highest BCUT2D eigenvalue weighted by atomic mass is 16.3. The van der Waals surface area contributed by atoms with Gasteiger partial charge in [0.05, 0.1) is 6.10 Å². The molecule has 24 heavy (non-hydrogen) atoms. The maximum Gasteiger partial charge on any atom is 0.134 e. The highest BCUT2D eigenvalue weighted by Crippen LogP contribution is 2.88. The Morgan fingerprint density at radius 3 is 2.88 bits per heavy atom. The molecule has 9 bridgehead atoms. The SMILES string of the molecule is C=C1C[C@@]23C[C@@]4(O)[C@@H]5[C@@]6(C)CC(=O)C[C@@]57[C@@H]2C[C@@H]1[C@H](O)[C@@H]3[C@H]7N4C6. The maximum absolute atomic E-state index is 12.8. The number of hydrogen-bond donors (Lipinski definition) is 2. The number of fused-ring (bicyclic) bond motifs is 1. The van der Waals surface area contributed by atoms with Gasteiger partial charge in [-0.3, -0.25) is 9.69 Å². The van der Waals surface area contributed by atoms with Crippen LogP contribution in [0.5, 0.6) is 0 Å². The normalized spacial score (nSPS) is 73.0. The summed E-state index contributed by atoms with van der Waals surface area (Å²) in [5.41, 5.74) is 0.319. The second-order valence-electron chi connectivity index (χ2n) is 10.7. The van der Waals surface area contributed by atoms with Gasteiger partial charge in [-0.15, -0.1) is 0 Å². The van der Waals surface area contributed by atoms with Crippen LogP contribution in [0, 0.1) is 39.9 Å². The van der Waals surface area contributed by atoms with Crippen LogP contribution in [0.25, 0.3) is 0 Å². The molecule has 0 radical (unpaired) electrons. The van der Waals surface area contributed by atoms with E-state index in [9.17, 15) is 15.0 Å². The third-order valence-electron chi connectivity index (χ3n) is 10.0. The quantitative estimate of drug-likeness (QED) is 0.659. The lowest BCUT2D eigenvalue weighted by molar-refractivity contribution is -0.239. The average Bonchev–Trinajstić information content (AvgIpc) is 2.80. The summed E-state index contributed by atoms with van der Waals surface area (Å²) in [4.78, 5) is 15.1. The van der Waals surface area contributed by atoms with Crippen molar-refractivity contribution in [3.05, 3.63) is 12.2 Å². The Bertz CT molecular complexity index is 764. The van der Waals surface area contributed by atoms with Crippen LogP contribution in [0.3, 0.4) is 0 Å². The molecule has 9 aliphatic rings. The molecule has 4 heteroatoms. The monoisotopic (exact) mass is 327 g/mol. The lowest BCUT2D eigenvalue weighted by Gasteiger charge is -2.65. The van der Waals surface area contributed by atoms with E-state index >= 15 is 0 Å². The summed E-state index contributed by atoms with van der Waals surface area (Å²) in [6, 6.07) is 0.219. The molecule has 3 saturated heterocycles. The van der Waals surface area contributed by atoms with E-state index in [1.54, 1.807) is 0 Å². The first-order valence-corrected chi connectivity index (χ1v) is 9.65. The van der Waals surface area contributed by atoms with Crippen molar-refractivity contribution >= 4 is 5.78 Å². The molecule has 0 aromatic carbocycles. The molecule has 0 amide bonds. The number of Topliss-reactive ketones (excluding diaryl/α,β-unsaturated/α-hetero) is 1. The Morgan fingerprint density at radius 2 is 2.08 bits per heavy atom. The number of aliphatic hydroxyl groups is 2. The summed E-state index contributed by atoms with van der Waals surface area (Å²) >= 11 is 0. The Hall–Kier alpha value is -0.710. The van der Waals surface area contributed by atoms with E-state index in [0.29, 0.717) is 24.5 Å². The Morgan fingerprint density at radius 1 is 1.29 bits per heavy atom. The second kappa shape index (κ2) is 3.19. The van der Waals surface area contributed by atoms with Crippen LogP contribution in [-0.4, -0.2) is 45.3 Å². The van der Waals surface area contributed by atoms with Crippen molar-refractivity contribution in [2.75, 3.05) is 6.54 Å². The fraction of sp³-hybridized carbons (Fsp3) is 0.850. The smallest absolute Gasteiger partial charge is 0.134 e. The zero-order valence-electron chi connectivity index (χ0n) is 14.2. The Kier molecular flexibility index (Phi) is 1.79. The van der Waals surface area contributed by atoms with Crippen LogP contribution in [0.4, 0.5) is 0 Å². The van der Waals surface area contributed by atoms with Gasteiger partial charge >= 0.3 is 0 Å². The van der Waals surface area contributed by atoms with E-state index in [-0.39, 0.29) is 46.1 Å². The predicted octanol–water partition coefficient (Wildman–Crippen LogP) is 1.32. The highest BCUT2D eigenvalue weighted by Gasteiger charge is 2.92. The fourth-order valence-corrected chi connectivity index (χ4v) is 10.4. The molecule has 128 valence electrons. The van der Waals surface area contributed by atoms with E-state index in [0.717, 1.165) is 25.8 Å². The highest BCUT2D eigenvalue weighted by molar-refractivity contribution is 5.82. The summed E-state index contributed by atoms with van der Waals surface area (Å²) in [5, 5.41) is 23.0. The minimum Gasteiger partial charge on any atom is -0.392 e. The van der Waals surface area contributed by atoms with E-state index < -0.39 is 5.72 Å². The molecule has 3 heterocycles. The van der Waals surface area contributed by atoms with Crippen LogP contribution in [-0.2, 0) is 4.79 Å². The second-order valence-corrected chi connectivity index (χ2v) is 10.7. The van der Waals surface area contributed by atoms with E-state index in [2.05, 4.69) is 18.4 Å². The van der Waals surface area contributed by atoms with Crippen LogP contribution in [0.1, 0.15) is 39.0 Å². The zero-order chi connectivity index (χ0) is 16.4. The van der Waals surface area contributed by atoms with Crippen molar-refractivity contribution in [2.45, 2.75) is 56.9 Å². The largest absolute Gasteiger partial charge is 0.392 e. The van der Waals surface area contributed by atoms with Gasteiger partial charge in [-0.05, 0) is 36.0 Å². The molecular formula is C20H25NO3. The van der Waals surface area contributed by atoms with Crippen molar-refractivity contribution in [1.29, 1.82) is 0 Å². The number of rotatable bonds is 0. The van der Waals surface area contributed by atoms with Crippen LogP contribution >= 0.6 is 0 Å². The number of hydrogen-bond acceptors (Lipinski definition) is 4. The fourth-order valence-electron chi connectivity index (χ4n) is 10.4. The van der Waals surface area contributed by atoms with Crippen LogP contribution < -0.4 is 0 Å². The van der Waals surface area contributed by atoms with Gasteiger partial charge in [0.15, 0.2) is 0 Å². The first kappa shape index (κ1) is 13.5. The third kappa shape index (κ3) is 0.926. The van der Waals surface area contributed by atoms with Gasteiger partial charge in [0.25, 0.3) is 0 Å². The van der Waals surface area contributed by atoms with Crippen molar-refractivity contribution in [1.82, 2.24) is 4.90 Å². The summed E-state index contributed by atoms with van der Waals surface area (Å²) in [7, 11) is 0. The standard InChI is InChI=1S/C20H25NO3/c1-9-4-18-7-20(24)16-17(2)5-10(22)6-19(16)12(18)3-11(9)14(23)13(18)15(19)21(20)8-17/h11-16,23-24H,1,3-8H2,2H3/t11-,12+,13+,14-,15+,16+,17-,18+,19-,20+/m0/s1. The Balaban J connectivity index is 1.56. The molecule has 4 nitrogen and oxygen atoms in total. The first-order chi connectivity index (χ1) is 11.3. The molecule has 0 aromatic rings. The number of ketones is 1. The van der Waals surface area contributed by atoms with Gasteiger partial charge in [0.2, 0.25) is 0 Å². The molecule has 9 rings (SSSR count). The van der Waals surface area contributed by atoms with Gasteiger partial charge in [0.1, 0.15) is 11.5 Å². The molecule has 9 fully saturated rings. The molecule has 6 aliphatic carbocycles. The number of carbonyl (C=O) groups is 1. The predicted molar refractivity (Wildman–Crippen MR) is 85.6 cm³/mol. The van der Waals surface area contributed by atoms with Crippen LogP contribution in [0.15, 0.2) is 12.2 Å². The molecule has 1 unspecified atom stereocenters. The van der Waals surface area contributed by atoms with Gasteiger partial charge in [0, 0.05) is 48.6 Å². The first-order valence-electron chi connectivity index (χ1n) is 9.65. The van der Waals surface area contributed by atoms with E-state index in [4.69, 9.17) is 0 Å². The van der Waals surface area contributed by atoms with Gasteiger partial charge < -0.3 is 10.2 Å². The maximum atomic E-state index is 12.8. The number of nitrogens with zero attached hydrogens (tertiary/aromatic N) is 1. The van der Waals surface area contributed by atoms with Crippen molar-refractivity contribution in [3.8, 4) is 0 Å². The molecule has 0 aromatic heterocycles. The molecular weight excluding hydrogens is 302 g/mol. The minimum absolute atomic E-state index is 0.000532. The molecule has 11 atom stereocenters. The summed E-state index contributed by atoms with van der Waals surface area (Å²) in [6.07, 6.45) is 3.72. The van der Waals surface area contributed by atoms with E-state index in [1.165, 1.54) is 5.57 Å². The summed E-state index contributed by atoms with van der Waals surface area (Å²) in [6.45, 7) is 7.37. The number of carbonyl (C=O) groups excluding carboxylic acids is 1. The lowest BCUT2D eigenvalue weighted by Crippen LogP contribution is -2.67. The van der Waals surface area contributed by atoms with Crippen molar-refractivity contribution in [3.63, 3.8) is 0 Å². The molecule has 2 N–H and O–H groups in total. The lowest BCUT2D eigenvalue weighted by atomic mass is 9.40. The number of piperidine rings is 2. The third-order valence-corrected chi connectivity index (χ3v) is 10.0. The topological polar surface area (TPSA) is 60.8 Å². The summed E-state index contributed by atoms with van der Waals surface area (Å²) < 4.78 is 0. The number of aliphatic hydroxyl groups excluding tert-OH is 1. The zero-order valence-corrected chi connectivity index (χ0v) is 14.2. The van der Waals surface area contributed by atoms with Gasteiger partial charge in [-0.1, -0.05) is 19.1 Å². The van der Waals surface area contributed by atoms with Gasteiger partial charge in [-0.25, -0.2) is 0 Å². The van der Waals surface area contributed by atoms with Crippen LogP contribution in [0.2, 0.25) is 0 Å². The summed E-state index contributed by atoms with van der Waals surface area (Å²) in [5.74, 6) is 1.58. The van der Waals surface area contributed by atoms with Gasteiger partial charge in [-0.2, -0.15) is 0 Å². The van der Waals surface area contributed by atoms with Crippen molar-refractivity contribution in [2.24, 2.45) is 39.9 Å². The van der Waals surface area contributed by atoms with E-state index in [1.807, 2.05) is 0 Å².